The molecule has 1 saturated carbocycles. The van der Waals surface area contributed by atoms with Gasteiger partial charge in [0.25, 0.3) is 5.91 Å². The molecule has 0 N–H and O–H groups in total. The molecule has 24 heavy (non-hydrogen) atoms. The van der Waals surface area contributed by atoms with Crippen LogP contribution in [-0.2, 0) is 0 Å². The van der Waals surface area contributed by atoms with E-state index in [-0.39, 0.29) is 5.91 Å². The van der Waals surface area contributed by atoms with E-state index >= 15 is 0 Å². The molecule has 0 bridgehead atoms. The largest absolute Gasteiger partial charge is 0.334 e. The molecule has 1 aromatic heterocycles. The lowest BCUT2D eigenvalue weighted by Gasteiger charge is -2.47. The third-order valence-corrected chi connectivity index (χ3v) is 6.63. The van der Waals surface area contributed by atoms with Gasteiger partial charge in [-0.25, -0.2) is 4.98 Å². The summed E-state index contributed by atoms with van der Waals surface area (Å²) in [6.45, 7) is 3.25. The average Bonchev–Trinajstić information content (AvgIpc) is 3.13. The van der Waals surface area contributed by atoms with Crippen molar-refractivity contribution in [2.24, 2.45) is 11.8 Å². The van der Waals surface area contributed by atoms with Crippen LogP contribution in [0.25, 0.3) is 10.6 Å². The molecular formula is C20H24N2OS. The maximum absolute atomic E-state index is 13.1. The van der Waals surface area contributed by atoms with E-state index in [9.17, 15) is 4.79 Å². The summed E-state index contributed by atoms with van der Waals surface area (Å²) < 4.78 is 0. The number of aromatic nitrogens is 1. The van der Waals surface area contributed by atoms with Gasteiger partial charge >= 0.3 is 0 Å². The molecule has 2 fully saturated rings. The number of rotatable bonds is 2. The van der Waals surface area contributed by atoms with E-state index in [0.717, 1.165) is 35.9 Å². The summed E-state index contributed by atoms with van der Waals surface area (Å²) in [4.78, 5) is 19.8. The molecule has 3 unspecified atom stereocenters. The molecule has 126 valence electrons. The summed E-state index contributed by atoms with van der Waals surface area (Å²) >= 11 is 1.57. The van der Waals surface area contributed by atoms with Gasteiger partial charge in [-0.05, 0) is 31.1 Å². The van der Waals surface area contributed by atoms with Gasteiger partial charge in [0.2, 0.25) is 0 Å². The van der Waals surface area contributed by atoms with E-state index < -0.39 is 0 Å². The van der Waals surface area contributed by atoms with Crippen LogP contribution in [0.1, 0.15) is 49.5 Å². The van der Waals surface area contributed by atoms with Crippen LogP contribution >= 0.6 is 11.3 Å². The fourth-order valence-corrected chi connectivity index (χ4v) is 5.20. The zero-order valence-electron chi connectivity index (χ0n) is 14.1. The Labute approximate surface area is 147 Å². The van der Waals surface area contributed by atoms with E-state index in [1.807, 2.05) is 35.7 Å². The summed E-state index contributed by atoms with van der Waals surface area (Å²) in [6.07, 6.45) is 6.15. The van der Waals surface area contributed by atoms with Crippen LogP contribution in [0.2, 0.25) is 0 Å². The van der Waals surface area contributed by atoms with Crippen molar-refractivity contribution in [3.63, 3.8) is 0 Å². The Bertz CT molecular complexity index is 711. The molecule has 3 atom stereocenters. The molecule has 1 aliphatic carbocycles. The normalized spacial score (nSPS) is 26.9. The highest BCUT2D eigenvalue weighted by Crippen LogP contribution is 2.39. The summed E-state index contributed by atoms with van der Waals surface area (Å²) in [7, 11) is 0. The zero-order chi connectivity index (χ0) is 16.5. The lowest BCUT2D eigenvalue weighted by atomic mass is 9.72. The number of piperidine rings is 1. The summed E-state index contributed by atoms with van der Waals surface area (Å²) in [5.41, 5.74) is 1.71. The molecule has 2 aliphatic rings. The zero-order valence-corrected chi connectivity index (χ0v) is 15.0. The number of fused-ring (bicyclic) bond motifs is 1. The van der Waals surface area contributed by atoms with Crippen molar-refractivity contribution in [2.75, 3.05) is 6.54 Å². The first kappa shape index (κ1) is 15.8. The minimum absolute atomic E-state index is 0.136. The van der Waals surface area contributed by atoms with Gasteiger partial charge in [-0.2, -0.15) is 0 Å². The number of likely N-dealkylation sites (tertiary alicyclic amines) is 1. The first-order valence-electron chi connectivity index (χ1n) is 9.06. The van der Waals surface area contributed by atoms with Gasteiger partial charge in [0.1, 0.15) is 10.7 Å². The van der Waals surface area contributed by atoms with Crippen molar-refractivity contribution in [1.29, 1.82) is 0 Å². The Morgan fingerprint density at radius 2 is 1.96 bits per heavy atom. The number of carbonyl (C=O) groups excluding carboxylic acids is 1. The van der Waals surface area contributed by atoms with Crippen LogP contribution < -0.4 is 0 Å². The summed E-state index contributed by atoms with van der Waals surface area (Å²) in [6, 6.07) is 10.5. The lowest BCUT2D eigenvalue weighted by molar-refractivity contribution is 0.0214. The molecular weight excluding hydrogens is 316 g/mol. The van der Waals surface area contributed by atoms with Crippen molar-refractivity contribution in [3.05, 3.63) is 41.4 Å². The number of thiazole rings is 1. The predicted octanol–water partition coefficient (Wildman–Crippen LogP) is 4.85. The quantitative estimate of drug-likeness (QED) is 0.783. The Balaban J connectivity index is 1.56. The van der Waals surface area contributed by atoms with Gasteiger partial charge in [-0.15, -0.1) is 11.3 Å². The molecule has 4 rings (SSSR count). The molecule has 1 saturated heterocycles. The average molecular weight is 340 g/mol. The van der Waals surface area contributed by atoms with Gasteiger partial charge in [0, 0.05) is 23.5 Å². The minimum atomic E-state index is 0.136. The van der Waals surface area contributed by atoms with Gasteiger partial charge in [-0.1, -0.05) is 50.1 Å². The van der Waals surface area contributed by atoms with E-state index in [2.05, 4.69) is 16.8 Å². The third kappa shape index (κ3) is 2.88. The van der Waals surface area contributed by atoms with Crippen molar-refractivity contribution < 1.29 is 4.79 Å². The standard InChI is InChI=1S/C20H24N2OS/c1-14-11-12-22(18-10-6-5-9-16(14)18)20(23)17-13-24-19(21-17)15-7-3-2-4-8-15/h2-4,7-8,13-14,16,18H,5-6,9-12H2,1H3. The highest BCUT2D eigenvalue weighted by Gasteiger charge is 2.40. The Kier molecular flexibility index (Phi) is 4.40. The van der Waals surface area contributed by atoms with Crippen LogP contribution in [0.5, 0.6) is 0 Å². The number of carbonyl (C=O) groups is 1. The number of benzene rings is 1. The van der Waals surface area contributed by atoms with Gasteiger partial charge in [0.05, 0.1) is 0 Å². The second-order valence-corrected chi connectivity index (χ2v) is 8.04. The predicted molar refractivity (Wildman–Crippen MR) is 98.1 cm³/mol. The van der Waals surface area contributed by atoms with E-state index in [1.165, 1.54) is 19.3 Å². The maximum Gasteiger partial charge on any atom is 0.273 e. The molecule has 0 spiro atoms. The molecule has 2 heterocycles. The summed E-state index contributed by atoms with van der Waals surface area (Å²) in [5.74, 6) is 1.57. The fraction of sp³-hybridized carbons (Fsp3) is 0.500. The number of hydrogen-bond donors (Lipinski definition) is 0. The smallest absolute Gasteiger partial charge is 0.273 e. The topological polar surface area (TPSA) is 33.2 Å². The molecule has 4 heteroatoms. The van der Waals surface area contributed by atoms with E-state index in [4.69, 9.17) is 0 Å². The second-order valence-electron chi connectivity index (χ2n) is 7.18. The molecule has 1 aliphatic heterocycles. The first-order valence-corrected chi connectivity index (χ1v) is 9.94. The van der Waals surface area contributed by atoms with Crippen LogP contribution in [-0.4, -0.2) is 28.4 Å². The number of amides is 1. The Morgan fingerprint density at radius 3 is 2.79 bits per heavy atom. The van der Waals surface area contributed by atoms with Gasteiger partial charge < -0.3 is 4.90 Å². The van der Waals surface area contributed by atoms with Crippen molar-refractivity contribution in [2.45, 2.75) is 45.1 Å². The molecule has 1 aromatic carbocycles. The Morgan fingerprint density at radius 1 is 1.17 bits per heavy atom. The van der Waals surface area contributed by atoms with Gasteiger partial charge in [-0.3, -0.25) is 4.79 Å². The molecule has 3 nitrogen and oxygen atoms in total. The molecule has 1 amide bonds. The number of nitrogens with zero attached hydrogens (tertiary/aromatic N) is 2. The van der Waals surface area contributed by atoms with Crippen molar-refractivity contribution in [1.82, 2.24) is 9.88 Å². The van der Waals surface area contributed by atoms with Gasteiger partial charge in [0.15, 0.2) is 0 Å². The van der Waals surface area contributed by atoms with Crippen LogP contribution in [0.15, 0.2) is 35.7 Å². The minimum Gasteiger partial charge on any atom is -0.334 e. The van der Waals surface area contributed by atoms with E-state index in [0.29, 0.717) is 17.7 Å². The highest BCUT2D eigenvalue weighted by atomic mass is 32.1. The SMILES string of the molecule is CC1CCN(C(=O)c2csc(-c3ccccc3)n2)C2CCCCC12. The monoisotopic (exact) mass is 340 g/mol. The first-order chi connectivity index (χ1) is 11.7. The number of hydrogen-bond acceptors (Lipinski definition) is 3. The van der Waals surface area contributed by atoms with Crippen molar-refractivity contribution >= 4 is 17.2 Å². The summed E-state index contributed by atoms with van der Waals surface area (Å²) in [5, 5.41) is 2.87. The van der Waals surface area contributed by atoms with E-state index in [1.54, 1.807) is 11.3 Å². The third-order valence-electron chi connectivity index (χ3n) is 5.74. The van der Waals surface area contributed by atoms with Crippen LogP contribution in [0, 0.1) is 11.8 Å². The maximum atomic E-state index is 13.1. The van der Waals surface area contributed by atoms with Crippen LogP contribution in [0.3, 0.4) is 0 Å². The van der Waals surface area contributed by atoms with Crippen molar-refractivity contribution in [3.8, 4) is 10.6 Å². The highest BCUT2D eigenvalue weighted by molar-refractivity contribution is 7.13. The lowest BCUT2D eigenvalue weighted by Crippen LogP contribution is -2.52. The fourth-order valence-electron chi connectivity index (χ4n) is 4.40. The Hall–Kier alpha value is -1.68. The molecule has 0 radical (unpaired) electrons. The molecule has 2 aromatic rings. The second kappa shape index (κ2) is 6.67. The van der Waals surface area contributed by atoms with Crippen LogP contribution in [0.4, 0.5) is 0 Å².